The zero-order valence-electron chi connectivity index (χ0n) is 16.7. The first-order valence-electron chi connectivity index (χ1n) is 9.99. The van der Waals surface area contributed by atoms with E-state index in [1.807, 2.05) is 31.2 Å². The number of aryl methyl sites for hydroxylation is 1. The van der Waals surface area contributed by atoms with Gasteiger partial charge >= 0.3 is 0 Å². The second-order valence-corrected chi connectivity index (χ2v) is 9.26. The summed E-state index contributed by atoms with van der Waals surface area (Å²) in [7, 11) is -3.46. The Morgan fingerprint density at radius 3 is 2.38 bits per heavy atom. The van der Waals surface area contributed by atoms with Gasteiger partial charge in [-0.05, 0) is 50.5 Å². The molecule has 0 radical (unpaired) electrons. The molecule has 1 amide bonds. The average Bonchev–Trinajstić information content (AvgIpc) is 2.73. The van der Waals surface area contributed by atoms with Gasteiger partial charge in [0.1, 0.15) is 5.75 Å². The molecular weight excluding hydrogens is 388 g/mol. The molecule has 0 atom stereocenters. The zero-order chi connectivity index (χ0) is 20.7. The van der Waals surface area contributed by atoms with Crippen LogP contribution in [-0.2, 0) is 14.8 Å². The summed E-state index contributed by atoms with van der Waals surface area (Å²) < 4.78 is 32.4. The summed E-state index contributed by atoms with van der Waals surface area (Å²) in [5, 5.41) is 3.02. The van der Waals surface area contributed by atoms with E-state index in [2.05, 4.69) is 5.32 Å². The lowest BCUT2D eigenvalue weighted by molar-refractivity contribution is -0.122. The first kappa shape index (κ1) is 21.3. The smallest absolute Gasteiger partial charge is 0.243 e. The Bertz CT molecular complexity index is 890. The van der Waals surface area contributed by atoms with Gasteiger partial charge in [0.25, 0.3) is 0 Å². The molecule has 1 aliphatic heterocycles. The number of rotatable bonds is 8. The van der Waals surface area contributed by atoms with Crippen LogP contribution in [-0.4, -0.2) is 44.4 Å². The largest absolute Gasteiger partial charge is 0.494 e. The first-order valence-corrected chi connectivity index (χ1v) is 11.4. The van der Waals surface area contributed by atoms with Crippen molar-refractivity contribution in [2.75, 3.05) is 19.7 Å². The van der Waals surface area contributed by atoms with Crippen LogP contribution in [0.2, 0.25) is 0 Å². The molecule has 29 heavy (non-hydrogen) atoms. The van der Waals surface area contributed by atoms with Gasteiger partial charge in [-0.15, -0.1) is 0 Å². The number of carbonyl (C=O) groups excluding carboxylic acids is 1. The number of carbonyl (C=O) groups is 1. The van der Waals surface area contributed by atoms with Gasteiger partial charge < -0.3 is 10.1 Å². The molecule has 1 N–H and O–H groups in total. The fourth-order valence-electron chi connectivity index (χ4n) is 3.34. The quantitative estimate of drug-likeness (QED) is 0.671. The SMILES string of the molecule is Cc1ccc(OCCCC(=O)NC2CCN(S(=O)(=O)c3ccccc3)CC2)cc1. The monoisotopic (exact) mass is 416 g/mol. The Balaban J connectivity index is 1.37. The fourth-order valence-corrected chi connectivity index (χ4v) is 4.83. The van der Waals surface area contributed by atoms with E-state index in [1.165, 1.54) is 9.87 Å². The molecule has 1 saturated heterocycles. The third kappa shape index (κ3) is 6.05. The van der Waals surface area contributed by atoms with Crippen molar-refractivity contribution in [3.05, 3.63) is 60.2 Å². The van der Waals surface area contributed by atoms with Crippen molar-refractivity contribution in [1.82, 2.24) is 9.62 Å². The fraction of sp³-hybridized carbons (Fsp3) is 0.409. The molecule has 1 fully saturated rings. The molecule has 0 unspecified atom stereocenters. The number of benzene rings is 2. The first-order chi connectivity index (χ1) is 13.9. The maximum absolute atomic E-state index is 12.7. The average molecular weight is 417 g/mol. The summed E-state index contributed by atoms with van der Waals surface area (Å²) in [4.78, 5) is 12.5. The van der Waals surface area contributed by atoms with Crippen molar-refractivity contribution in [2.45, 2.75) is 43.5 Å². The molecule has 0 spiro atoms. The molecule has 2 aromatic rings. The number of hydrogen-bond donors (Lipinski definition) is 1. The summed E-state index contributed by atoms with van der Waals surface area (Å²) in [6.45, 7) is 3.34. The molecule has 2 aromatic carbocycles. The molecule has 3 rings (SSSR count). The van der Waals surface area contributed by atoms with Gasteiger partial charge in [-0.2, -0.15) is 4.31 Å². The van der Waals surface area contributed by atoms with Crippen molar-refractivity contribution in [1.29, 1.82) is 0 Å². The molecule has 0 aliphatic carbocycles. The Kier molecular flexibility index (Phi) is 7.28. The van der Waals surface area contributed by atoms with E-state index in [0.717, 1.165) is 5.75 Å². The highest BCUT2D eigenvalue weighted by molar-refractivity contribution is 7.89. The van der Waals surface area contributed by atoms with Gasteiger partial charge in [0, 0.05) is 25.6 Å². The standard InChI is InChI=1S/C22H28N2O4S/c1-18-9-11-20(12-10-18)28-17-5-8-22(25)23-19-13-15-24(16-14-19)29(26,27)21-6-3-2-4-7-21/h2-4,6-7,9-12,19H,5,8,13-17H2,1H3,(H,23,25). The normalized spacial score (nSPS) is 15.8. The number of nitrogens with zero attached hydrogens (tertiary/aromatic N) is 1. The van der Waals surface area contributed by atoms with Crippen LogP contribution in [0.4, 0.5) is 0 Å². The highest BCUT2D eigenvalue weighted by Crippen LogP contribution is 2.20. The van der Waals surface area contributed by atoms with Gasteiger partial charge in [0.15, 0.2) is 0 Å². The lowest BCUT2D eigenvalue weighted by atomic mass is 10.1. The van der Waals surface area contributed by atoms with Crippen molar-refractivity contribution < 1.29 is 17.9 Å². The number of piperidine rings is 1. The predicted octanol–water partition coefficient (Wildman–Crippen LogP) is 3.12. The summed E-state index contributed by atoms with van der Waals surface area (Å²) in [5.41, 5.74) is 1.18. The summed E-state index contributed by atoms with van der Waals surface area (Å²) in [5.74, 6) is 0.796. The highest BCUT2D eigenvalue weighted by atomic mass is 32.2. The second kappa shape index (κ2) is 9.89. The van der Waals surface area contributed by atoms with Crippen molar-refractivity contribution >= 4 is 15.9 Å². The third-order valence-electron chi connectivity index (χ3n) is 5.04. The minimum atomic E-state index is -3.46. The molecule has 0 aromatic heterocycles. The third-order valence-corrected chi connectivity index (χ3v) is 6.95. The van der Waals surface area contributed by atoms with Gasteiger partial charge in [-0.25, -0.2) is 8.42 Å². The zero-order valence-corrected chi connectivity index (χ0v) is 17.5. The van der Waals surface area contributed by atoms with Crippen molar-refractivity contribution in [3.8, 4) is 5.75 Å². The molecule has 156 valence electrons. The highest BCUT2D eigenvalue weighted by Gasteiger charge is 2.29. The maximum Gasteiger partial charge on any atom is 0.243 e. The minimum absolute atomic E-state index is 0.0122. The summed E-state index contributed by atoms with van der Waals surface area (Å²) in [6.07, 6.45) is 2.28. The topological polar surface area (TPSA) is 75.7 Å². The van der Waals surface area contributed by atoms with Crippen LogP contribution in [0.5, 0.6) is 5.75 Å². The number of ether oxygens (including phenoxy) is 1. The molecule has 0 saturated carbocycles. The van der Waals surface area contributed by atoms with Crippen LogP contribution in [0.25, 0.3) is 0 Å². The second-order valence-electron chi connectivity index (χ2n) is 7.32. The van der Waals surface area contributed by atoms with E-state index in [0.29, 0.717) is 50.3 Å². The Hall–Kier alpha value is -2.38. The van der Waals surface area contributed by atoms with Crippen LogP contribution in [0.15, 0.2) is 59.5 Å². The molecule has 7 heteroatoms. The molecule has 1 heterocycles. The van der Waals surface area contributed by atoms with E-state index in [1.54, 1.807) is 30.3 Å². The predicted molar refractivity (Wildman–Crippen MR) is 112 cm³/mol. The van der Waals surface area contributed by atoms with E-state index < -0.39 is 10.0 Å². The van der Waals surface area contributed by atoms with Crippen LogP contribution in [0, 0.1) is 6.92 Å². The van der Waals surface area contributed by atoms with Crippen molar-refractivity contribution in [2.24, 2.45) is 0 Å². The maximum atomic E-state index is 12.7. The molecule has 0 bridgehead atoms. The van der Waals surface area contributed by atoms with Gasteiger partial charge in [0.2, 0.25) is 15.9 Å². The van der Waals surface area contributed by atoms with E-state index in [9.17, 15) is 13.2 Å². The Morgan fingerprint density at radius 1 is 1.07 bits per heavy atom. The molecule has 1 aliphatic rings. The van der Waals surface area contributed by atoms with Crippen LogP contribution in [0.3, 0.4) is 0 Å². The van der Waals surface area contributed by atoms with Gasteiger partial charge in [-0.1, -0.05) is 35.9 Å². The number of nitrogens with one attached hydrogen (secondary N) is 1. The van der Waals surface area contributed by atoms with E-state index in [4.69, 9.17) is 4.74 Å². The minimum Gasteiger partial charge on any atom is -0.494 e. The number of sulfonamides is 1. The number of hydrogen-bond acceptors (Lipinski definition) is 4. The lowest BCUT2D eigenvalue weighted by Crippen LogP contribution is -2.46. The summed E-state index contributed by atoms with van der Waals surface area (Å²) >= 11 is 0. The van der Waals surface area contributed by atoms with Crippen LogP contribution >= 0.6 is 0 Å². The summed E-state index contributed by atoms with van der Waals surface area (Å²) in [6, 6.07) is 16.3. The Morgan fingerprint density at radius 2 is 1.72 bits per heavy atom. The van der Waals surface area contributed by atoms with Crippen molar-refractivity contribution in [3.63, 3.8) is 0 Å². The van der Waals surface area contributed by atoms with Crippen LogP contribution < -0.4 is 10.1 Å². The van der Waals surface area contributed by atoms with Gasteiger partial charge in [0.05, 0.1) is 11.5 Å². The van der Waals surface area contributed by atoms with E-state index in [-0.39, 0.29) is 11.9 Å². The Labute approximate surface area is 172 Å². The lowest BCUT2D eigenvalue weighted by Gasteiger charge is -2.31. The number of amides is 1. The van der Waals surface area contributed by atoms with E-state index >= 15 is 0 Å². The van der Waals surface area contributed by atoms with Crippen LogP contribution in [0.1, 0.15) is 31.2 Å². The van der Waals surface area contributed by atoms with Gasteiger partial charge in [-0.3, -0.25) is 4.79 Å². The molecule has 6 nitrogen and oxygen atoms in total. The molecular formula is C22H28N2O4S.